The molecule has 0 saturated heterocycles. The number of hydrogen-bond donors (Lipinski definition) is 0. The van der Waals surface area contributed by atoms with E-state index in [2.05, 4.69) is 5.16 Å². The first-order valence-corrected chi connectivity index (χ1v) is 9.95. The molecule has 4 nitrogen and oxygen atoms in total. The van der Waals surface area contributed by atoms with Crippen LogP contribution in [0.5, 0.6) is 0 Å². The zero-order chi connectivity index (χ0) is 17.8. The predicted octanol–water partition coefficient (Wildman–Crippen LogP) is 4.95. The summed E-state index contributed by atoms with van der Waals surface area (Å²) in [4.78, 5) is 19.0. The molecular formula is C19H21ClN2O2S. The van der Waals surface area contributed by atoms with E-state index >= 15 is 0 Å². The number of rotatable bonds is 5. The van der Waals surface area contributed by atoms with E-state index in [-0.39, 0.29) is 11.7 Å². The average Bonchev–Trinajstić information content (AvgIpc) is 3.12. The maximum absolute atomic E-state index is 12.6. The molecule has 25 heavy (non-hydrogen) atoms. The van der Waals surface area contributed by atoms with Gasteiger partial charge in [-0.15, -0.1) is 11.8 Å². The van der Waals surface area contributed by atoms with Crippen LogP contribution in [0.25, 0.3) is 11.1 Å². The second kappa shape index (κ2) is 8.11. The van der Waals surface area contributed by atoms with Crippen molar-refractivity contribution in [2.45, 2.75) is 43.6 Å². The predicted molar refractivity (Wildman–Crippen MR) is 105 cm³/mol. The molecule has 0 spiro atoms. The maximum atomic E-state index is 12.6. The number of aromatic nitrogens is 1. The number of nitrogens with zero attached hydrogens (tertiary/aromatic N) is 2. The van der Waals surface area contributed by atoms with Gasteiger partial charge in [-0.25, -0.2) is 0 Å². The highest BCUT2D eigenvalue weighted by atomic mass is 35.5. The van der Waals surface area contributed by atoms with Crippen LogP contribution in [0, 0.1) is 6.92 Å². The van der Waals surface area contributed by atoms with E-state index in [9.17, 15) is 4.79 Å². The Morgan fingerprint density at radius 3 is 2.76 bits per heavy atom. The third kappa shape index (κ3) is 4.10. The summed E-state index contributed by atoms with van der Waals surface area (Å²) in [6.07, 6.45) is 9.78. The molecule has 1 aromatic carbocycles. The molecule has 3 rings (SSSR count). The van der Waals surface area contributed by atoms with Crippen molar-refractivity contribution in [2.75, 3.05) is 6.26 Å². The molecule has 1 aliphatic carbocycles. The first-order valence-electron chi connectivity index (χ1n) is 8.35. The third-order valence-electron chi connectivity index (χ3n) is 4.51. The number of pyridine rings is 1. The van der Waals surface area contributed by atoms with Crippen molar-refractivity contribution in [1.29, 1.82) is 0 Å². The van der Waals surface area contributed by atoms with Gasteiger partial charge in [0.05, 0.1) is 5.02 Å². The normalized spacial score (nSPS) is 15.2. The Balaban J connectivity index is 1.83. The Labute approximate surface area is 156 Å². The largest absolute Gasteiger partial charge is 0.391 e. The smallest absolute Gasteiger partial charge is 0.259 e. The summed E-state index contributed by atoms with van der Waals surface area (Å²) >= 11 is 7.89. The highest BCUT2D eigenvalue weighted by molar-refractivity contribution is 7.98. The SMILES string of the molecule is CSc1ccc(-c2ccn(C=NOC3CCCC3)c(=O)c2C)cc1Cl. The minimum atomic E-state index is -0.110. The molecule has 1 aromatic heterocycles. The summed E-state index contributed by atoms with van der Waals surface area (Å²) < 4.78 is 1.45. The molecule has 1 heterocycles. The van der Waals surface area contributed by atoms with E-state index in [1.54, 1.807) is 18.0 Å². The second-order valence-corrected chi connectivity index (χ2v) is 7.40. The fourth-order valence-corrected chi connectivity index (χ4v) is 3.92. The van der Waals surface area contributed by atoms with Gasteiger partial charge in [-0.3, -0.25) is 9.36 Å². The lowest BCUT2D eigenvalue weighted by Gasteiger charge is -2.10. The van der Waals surface area contributed by atoms with Gasteiger partial charge in [0.2, 0.25) is 0 Å². The summed E-state index contributed by atoms with van der Waals surface area (Å²) in [6.45, 7) is 1.82. The molecule has 132 valence electrons. The van der Waals surface area contributed by atoms with Crippen molar-refractivity contribution in [2.24, 2.45) is 5.16 Å². The minimum Gasteiger partial charge on any atom is -0.391 e. The molecule has 1 saturated carbocycles. The summed E-state index contributed by atoms with van der Waals surface area (Å²) in [6, 6.07) is 7.77. The molecule has 0 N–H and O–H groups in total. The first-order chi connectivity index (χ1) is 12.1. The monoisotopic (exact) mass is 376 g/mol. The van der Waals surface area contributed by atoms with Crippen LogP contribution in [0.15, 0.2) is 45.3 Å². The summed E-state index contributed by atoms with van der Waals surface area (Å²) in [5, 5.41) is 4.67. The van der Waals surface area contributed by atoms with Gasteiger partial charge in [-0.1, -0.05) is 22.8 Å². The van der Waals surface area contributed by atoms with Crippen molar-refractivity contribution in [3.8, 4) is 11.1 Å². The van der Waals surface area contributed by atoms with Crippen LogP contribution >= 0.6 is 23.4 Å². The lowest BCUT2D eigenvalue weighted by molar-refractivity contribution is 0.0649. The summed E-state index contributed by atoms with van der Waals surface area (Å²) in [5.41, 5.74) is 2.36. The highest BCUT2D eigenvalue weighted by Gasteiger charge is 2.15. The number of oxime groups is 1. The zero-order valence-electron chi connectivity index (χ0n) is 14.4. The topological polar surface area (TPSA) is 43.6 Å². The van der Waals surface area contributed by atoms with E-state index < -0.39 is 0 Å². The molecule has 0 amide bonds. The van der Waals surface area contributed by atoms with Crippen LogP contribution in [0.3, 0.4) is 0 Å². The standard InChI is InChI=1S/C19H21ClN2O2S/c1-13-16(14-7-8-18(25-2)17(20)11-14)9-10-22(19(13)23)12-21-24-15-5-3-4-6-15/h7-12,15H,3-6H2,1-2H3. The number of halogens is 1. The lowest BCUT2D eigenvalue weighted by atomic mass is 10.0. The van der Waals surface area contributed by atoms with Crippen LogP contribution in [0.2, 0.25) is 5.02 Å². The van der Waals surface area contributed by atoms with Gasteiger partial charge in [0.15, 0.2) is 0 Å². The Morgan fingerprint density at radius 1 is 1.32 bits per heavy atom. The van der Waals surface area contributed by atoms with Crippen molar-refractivity contribution < 1.29 is 4.84 Å². The van der Waals surface area contributed by atoms with Gasteiger partial charge in [0, 0.05) is 16.7 Å². The fraction of sp³-hybridized carbons (Fsp3) is 0.368. The average molecular weight is 377 g/mol. The fourth-order valence-electron chi connectivity index (χ4n) is 3.05. The summed E-state index contributed by atoms with van der Waals surface area (Å²) in [7, 11) is 0. The van der Waals surface area contributed by atoms with Crippen molar-refractivity contribution in [1.82, 2.24) is 4.57 Å². The molecule has 0 bridgehead atoms. The number of thioether (sulfide) groups is 1. The van der Waals surface area contributed by atoms with E-state index in [1.807, 2.05) is 37.4 Å². The molecule has 0 aliphatic heterocycles. The van der Waals surface area contributed by atoms with Crippen LogP contribution in [-0.4, -0.2) is 23.3 Å². The zero-order valence-corrected chi connectivity index (χ0v) is 15.9. The van der Waals surface area contributed by atoms with Gasteiger partial charge in [-0.05, 0) is 68.2 Å². The summed E-state index contributed by atoms with van der Waals surface area (Å²) in [5.74, 6) is 0. The van der Waals surface area contributed by atoms with Gasteiger partial charge in [0.1, 0.15) is 12.4 Å². The third-order valence-corrected chi connectivity index (χ3v) is 5.73. The van der Waals surface area contributed by atoms with Gasteiger partial charge < -0.3 is 4.84 Å². The lowest BCUT2D eigenvalue weighted by Crippen LogP contribution is -2.22. The maximum Gasteiger partial charge on any atom is 0.259 e. The number of benzene rings is 1. The molecule has 6 heteroatoms. The first kappa shape index (κ1) is 18.1. The van der Waals surface area contributed by atoms with Crippen LogP contribution in [0.4, 0.5) is 0 Å². The van der Waals surface area contributed by atoms with Crippen LogP contribution in [0.1, 0.15) is 31.2 Å². The molecular weight excluding hydrogens is 356 g/mol. The molecule has 0 atom stereocenters. The van der Waals surface area contributed by atoms with Gasteiger partial charge in [0.25, 0.3) is 5.56 Å². The second-order valence-electron chi connectivity index (χ2n) is 6.15. The Morgan fingerprint density at radius 2 is 2.08 bits per heavy atom. The van der Waals surface area contributed by atoms with E-state index in [0.29, 0.717) is 10.6 Å². The Bertz CT molecular complexity index is 842. The quantitative estimate of drug-likeness (QED) is 0.321. The Hall–Kier alpha value is -1.72. The number of hydrogen-bond acceptors (Lipinski definition) is 4. The molecule has 0 unspecified atom stereocenters. The van der Waals surface area contributed by atoms with E-state index in [0.717, 1.165) is 28.9 Å². The van der Waals surface area contributed by atoms with Crippen molar-refractivity contribution >= 4 is 29.7 Å². The van der Waals surface area contributed by atoms with Gasteiger partial charge in [-0.2, -0.15) is 0 Å². The Kier molecular flexibility index (Phi) is 5.86. The van der Waals surface area contributed by atoms with E-state index in [1.165, 1.54) is 23.7 Å². The van der Waals surface area contributed by atoms with E-state index in [4.69, 9.17) is 16.4 Å². The highest BCUT2D eigenvalue weighted by Crippen LogP contribution is 2.31. The van der Waals surface area contributed by atoms with Crippen molar-refractivity contribution in [3.05, 3.63) is 51.4 Å². The minimum absolute atomic E-state index is 0.110. The van der Waals surface area contributed by atoms with Gasteiger partial charge >= 0.3 is 0 Å². The van der Waals surface area contributed by atoms with Crippen LogP contribution < -0.4 is 5.56 Å². The van der Waals surface area contributed by atoms with Crippen molar-refractivity contribution in [3.63, 3.8) is 0 Å². The molecule has 1 fully saturated rings. The van der Waals surface area contributed by atoms with Crippen LogP contribution in [-0.2, 0) is 4.84 Å². The molecule has 0 radical (unpaired) electrons. The molecule has 2 aromatic rings. The molecule has 1 aliphatic rings.